The Bertz CT molecular complexity index is 629. The molecule has 1 N–H and O–H groups in total. The maximum Gasteiger partial charge on any atom is 0.335 e. The molecule has 0 unspecified atom stereocenters. The van der Waals surface area contributed by atoms with Crippen molar-refractivity contribution in [3.05, 3.63) is 55.9 Å². The number of carbonyl (C=O) groups is 1. The van der Waals surface area contributed by atoms with Gasteiger partial charge >= 0.3 is 5.97 Å². The van der Waals surface area contributed by atoms with Crippen LogP contribution in [0.5, 0.6) is 0 Å². The van der Waals surface area contributed by atoms with Gasteiger partial charge in [-0.25, -0.2) is 9.18 Å². The molecule has 0 spiro atoms. The second-order valence-electron chi connectivity index (χ2n) is 4.51. The van der Waals surface area contributed by atoms with Crippen LogP contribution >= 0.6 is 27.3 Å². The van der Waals surface area contributed by atoms with Crippen LogP contribution in [0.25, 0.3) is 0 Å². The number of halogens is 2. The average Bonchev–Trinajstić information content (AvgIpc) is 2.77. The summed E-state index contributed by atoms with van der Waals surface area (Å²) < 4.78 is 14.7. The van der Waals surface area contributed by atoms with Gasteiger partial charge < -0.3 is 5.11 Å². The van der Waals surface area contributed by atoms with Gasteiger partial charge in [-0.3, -0.25) is 4.90 Å². The topological polar surface area (TPSA) is 40.5 Å². The van der Waals surface area contributed by atoms with E-state index in [1.165, 1.54) is 18.2 Å². The fourth-order valence-corrected chi connectivity index (χ4v) is 3.41. The fourth-order valence-electron chi connectivity index (χ4n) is 1.88. The number of hydrogen-bond acceptors (Lipinski definition) is 3. The number of thiophene rings is 1. The number of rotatable bonds is 5. The Kier molecular flexibility index (Phi) is 4.91. The highest BCUT2D eigenvalue weighted by molar-refractivity contribution is 9.10. The SMILES string of the molecule is CN(Cc1cc(Br)cs1)Cc1cc(C(=O)O)ccc1F. The molecular weight excluding hydrogens is 345 g/mol. The van der Waals surface area contributed by atoms with E-state index in [2.05, 4.69) is 15.9 Å². The third kappa shape index (κ3) is 3.88. The summed E-state index contributed by atoms with van der Waals surface area (Å²) in [5.41, 5.74) is 0.497. The smallest absolute Gasteiger partial charge is 0.335 e. The standard InChI is InChI=1S/C14H13BrFNO2S/c1-17(7-12-5-11(15)8-20-12)6-10-4-9(14(18)19)2-3-13(10)16/h2-5,8H,6-7H2,1H3,(H,18,19). The molecule has 2 aromatic rings. The molecule has 6 heteroatoms. The number of carboxylic acid groups (broad SMARTS) is 1. The van der Waals surface area contributed by atoms with Gasteiger partial charge in [-0.05, 0) is 47.2 Å². The van der Waals surface area contributed by atoms with Gasteiger partial charge in [0.1, 0.15) is 5.82 Å². The van der Waals surface area contributed by atoms with Crippen LogP contribution < -0.4 is 0 Å². The van der Waals surface area contributed by atoms with E-state index >= 15 is 0 Å². The summed E-state index contributed by atoms with van der Waals surface area (Å²) >= 11 is 5.02. The predicted octanol–water partition coefficient (Wildman–Crippen LogP) is 3.98. The van der Waals surface area contributed by atoms with Crippen LogP contribution in [-0.2, 0) is 13.1 Å². The molecule has 0 aliphatic heterocycles. The lowest BCUT2D eigenvalue weighted by atomic mass is 10.1. The molecule has 0 saturated carbocycles. The van der Waals surface area contributed by atoms with Gasteiger partial charge in [0.25, 0.3) is 0 Å². The summed E-state index contributed by atoms with van der Waals surface area (Å²) in [4.78, 5) is 14.0. The minimum Gasteiger partial charge on any atom is -0.478 e. The van der Waals surface area contributed by atoms with Crippen LogP contribution in [0.15, 0.2) is 34.1 Å². The monoisotopic (exact) mass is 357 g/mol. The van der Waals surface area contributed by atoms with Crippen molar-refractivity contribution in [1.82, 2.24) is 4.90 Å². The summed E-state index contributed by atoms with van der Waals surface area (Å²) in [5.74, 6) is -1.43. The molecule has 2 rings (SSSR count). The Morgan fingerprint density at radius 2 is 2.15 bits per heavy atom. The molecule has 0 amide bonds. The molecule has 0 bridgehead atoms. The third-order valence-electron chi connectivity index (χ3n) is 2.78. The van der Waals surface area contributed by atoms with Crippen molar-refractivity contribution < 1.29 is 14.3 Å². The first-order valence-corrected chi connectivity index (χ1v) is 7.56. The zero-order valence-corrected chi connectivity index (χ0v) is 13.2. The van der Waals surface area contributed by atoms with E-state index < -0.39 is 5.97 Å². The highest BCUT2D eigenvalue weighted by Gasteiger charge is 2.11. The molecule has 20 heavy (non-hydrogen) atoms. The lowest BCUT2D eigenvalue weighted by Gasteiger charge is -2.16. The van der Waals surface area contributed by atoms with Crippen LogP contribution in [0.4, 0.5) is 4.39 Å². The number of hydrogen-bond donors (Lipinski definition) is 1. The Balaban J connectivity index is 2.08. The zero-order chi connectivity index (χ0) is 14.7. The van der Waals surface area contributed by atoms with E-state index in [1.807, 2.05) is 23.4 Å². The van der Waals surface area contributed by atoms with Gasteiger partial charge in [0.15, 0.2) is 0 Å². The van der Waals surface area contributed by atoms with E-state index in [4.69, 9.17) is 5.11 Å². The highest BCUT2D eigenvalue weighted by atomic mass is 79.9. The molecule has 0 aliphatic carbocycles. The minimum atomic E-state index is -1.05. The van der Waals surface area contributed by atoms with E-state index in [1.54, 1.807) is 11.3 Å². The molecule has 3 nitrogen and oxygen atoms in total. The van der Waals surface area contributed by atoms with Gasteiger partial charge in [0, 0.05) is 33.4 Å². The normalized spacial score (nSPS) is 11.0. The maximum absolute atomic E-state index is 13.7. The van der Waals surface area contributed by atoms with E-state index in [0.29, 0.717) is 18.7 Å². The van der Waals surface area contributed by atoms with Crippen LogP contribution in [0.2, 0.25) is 0 Å². The minimum absolute atomic E-state index is 0.105. The Morgan fingerprint density at radius 1 is 1.40 bits per heavy atom. The lowest BCUT2D eigenvalue weighted by Crippen LogP contribution is -2.17. The van der Waals surface area contributed by atoms with Crippen molar-refractivity contribution in [2.75, 3.05) is 7.05 Å². The van der Waals surface area contributed by atoms with Crippen LogP contribution in [0, 0.1) is 5.82 Å². The van der Waals surface area contributed by atoms with Gasteiger partial charge in [-0.15, -0.1) is 11.3 Å². The summed E-state index contributed by atoms with van der Waals surface area (Å²) in [7, 11) is 1.88. The molecule has 0 radical (unpaired) electrons. The first kappa shape index (κ1) is 15.2. The third-order valence-corrected chi connectivity index (χ3v) is 4.46. The molecule has 1 aromatic carbocycles. The van der Waals surface area contributed by atoms with Crippen LogP contribution in [-0.4, -0.2) is 23.0 Å². The van der Waals surface area contributed by atoms with Crippen molar-refractivity contribution >= 4 is 33.2 Å². The zero-order valence-electron chi connectivity index (χ0n) is 10.8. The van der Waals surface area contributed by atoms with E-state index in [0.717, 1.165) is 9.35 Å². The second-order valence-corrected chi connectivity index (χ2v) is 6.43. The van der Waals surface area contributed by atoms with Crippen LogP contribution in [0.3, 0.4) is 0 Å². The van der Waals surface area contributed by atoms with Crippen molar-refractivity contribution in [3.8, 4) is 0 Å². The molecular formula is C14H13BrFNO2S. The lowest BCUT2D eigenvalue weighted by molar-refractivity contribution is 0.0696. The first-order chi connectivity index (χ1) is 9.45. The molecule has 0 fully saturated rings. The molecule has 0 atom stereocenters. The van der Waals surface area contributed by atoms with Gasteiger partial charge in [0.2, 0.25) is 0 Å². The quantitative estimate of drug-likeness (QED) is 0.879. The van der Waals surface area contributed by atoms with Gasteiger partial charge in [-0.1, -0.05) is 0 Å². The van der Waals surface area contributed by atoms with Crippen molar-refractivity contribution in [2.24, 2.45) is 0 Å². The molecule has 0 saturated heterocycles. The van der Waals surface area contributed by atoms with Crippen molar-refractivity contribution in [1.29, 1.82) is 0 Å². The summed E-state index contributed by atoms with van der Waals surface area (Å²) in [5, 5.41) is 10.9. The highest BCUT2D eigenvalue weighted by Crippen LogP contribution is 2.22. The fraction of sp³-hybridized carbons (Fsp3) is 0.214. The van der Waals surface area contributed by atoms with Gasteiger partial charge in [0.05, 0.1) is 5.56 Å². The maximum atomic E-state index is 13.7. The number of nitrogens with zero attached hydrogens (tertiary/aromatic N) is 1. The second kappa shape index (κ2) is 6.47. The van der Waals surface area contributed by atoms with E-state index in [9.17, 15) is 9.18 Å². The first-order valence-electron chi connectivity index (χ1n) is 5.89. The Labute approximate surface area is 128 Å². The van der Waals surface area contributed by atoms with Gasteiger partial charge in [-0.2, -0.15) is 0 Å². The molecule has 1 heterocycles. The summed E-state index contributed by atoms with van der Waals surface area (Å²) in [6.07, 6.45) is 0. The number of carboxylic acids is 1. The average molecular weight is 358 g/mol. The predicted molar refractivity (Wildman–Crippen MR) is 80.5 cm³/mol. The van der Waals surface area contributed by atoms with Crippen LogP contribution in [0.1, 0.15) is 20.8 Å². The molecule has 0 aliphatic rings. The van der Waals surface area contributed by atoms with Crippen molar-refractivity contribution in [2.45, 2.75) is 13.1 Å². The Morgan fingerprint density at radius 3 is 2.75 bits per heavy atom. The van der Waals surface area contributed by atoms with Crippen molar-refractivity contribution in [3.63, 3.8) is 0 Å². The Hall–Kier alpha value is -1.24. The number of benzene rings is 1. The summed E-state index contributed by atoms with van der Waals surface area (Å²) in [6.45, 7) is 1.05. The molecule has 1 aromatic heterocycles. The largest absolute Gasteiger partial charge is 0.478 e. The number of aromatic carboxylic acids is 1. The van der Waals surface area contributed by atoms with E-state index in [-0.39, 0.29) is 11.4 Å². The summed E-state index contributed by atoms with van der Waals surface area (Å²) in [6, 6.07) is 5.88. The molecule has 106 valence electrons.